The number of hydrogen-bond acceptors (Lipinski definition) is 6. The van der Waals surface area contributed by atoms with Gasteiger partial charge in [0.15, 0.2) is 5.82 Å². The van der Waals surface area contributed by atoms with Crippen molar-refractivity contribution >= 4 is 18.1 Å². The maximum atomic E-state index is 14.9. The van der Waals surface area contributed by atoms with Crippen molar-refractivity contribution in [3.8, 4) is 0 Å². The van der Waals surface area contributed by atoms with Crippen LogP contribution in [0.4, 0.5) is 14.5 Å². The van der Waals surface area contributed by atoms with Gasteiger partial charge in [0.2, 0.25) is 0 Å². The Kier molecular flexibility index (Phi) is 7.52. The van der Waals surface area contributed by atoms with Crippen LogP contribution in [0.5, 0.6) is 0 Å². The fourth-order valence-electron chi connectivity index (χ4n) is 4.64. The molecular weight excluding hydrogens is 450 g/mol. The molecule has 10 heteroatoms. The van der Waals surface area contributed by atoms with Crippen LogP contribution in [0.3, 0.4) is 0 Å². The van der Waals surface area contributed by atoms with Crippen LogP contribution < -0.4 is 4.90 Å². The number of aromatic nitrogens is 4. The Labute approximate surface area is 197 Å². The van der Waals surface area contributed by atoms with Crippen molar-refractivity contribution < 1.29 is 13.5 Å². The molecule has 7 nitrogen and oxygen atoms in total. The van der Waals surface area contributed by atoms with Gasteiger partial charge in [-0.15, -0.1) is 17.5 Å². The highest BCUT2D eigenvalue weighted by molar-refractivity contribution is 5.85. The molecule has 0 N–H and O–H groups in total. The highest BCUT2D eigenvalue weighted by Gasteiger charge is 2.33. The molecule has 33 heavy (non-hydrogen) atoms. The summed E-state index contributed by atoms with van der Waals surface area (Å²) in [4.78, 5) is 4.20. The molecule has 5 rings (SSSR count). The molecule has 2 atom stereocenters. The van der Waals surface area contributed by atoms with E-state index in [1.165, 1.54) is 12.1 Å². The molecule has 2 aromatic carbocycles. The molecule has 3 aromatic rings. The number of anilines is 1. The third kappa shape index (κ3) is 5.00. The average Bonchev–Trinajstić information content (AvgIpc) is 3.49. The summed E-state index contributed by atoms with van der Waals surface area (Å²) in [7, 11) is 0. The Morgan fingerprint density at radius 1 is 0.970 bits per heavy atom. The third-order valence-electron chi connectivity index (χ3n) is 6.28. The van der Waals surface area contributed by atoms with Crippen molar-refractivity contribution in [3.05, 3.63) is 71.6 Å². The van der Waals surface area contributed by atoms with Crippen molar-refractivity contribution in [2.75, 3.05) is 37.7 Å². The van der Waals surface area contributed by atoms with E-state index in [2.05, 4.69) is 20.4 Å². The quantitative estimate of drug-likeness (QED) is 0.543. The van der Waals surface area contributed by atoms with Gasteiger partial charge in [-0.2, -0.15) is 0 Å². The summed E-state index contributed by atoms with van der Waals surface area (Å²) in [6.45, 7) is 3.79. The molecule has 0 radical (unpaired) electrons. The largest absolute Gasteiger partial charge is 0.376 e. The van der Waals surface area contributed by atoms with Gasteiger partial charge in [0.05, 0.1) is 18.3 Å². The molecule has 2 aliphatic heterocycles. The van der Waals surface area contributed by atoms with Crippen molar-refractivity contribution in [2.45, 2.75) is 31.5 Å². The summed E-state index contributed by atoms with van der Waals surface area (Å²) in [6, 6.07) is 13.1. The highest BCUT2D eigenvalue weighted by Crippen LogP contribution is 2.31. The van der Waals surface area contributed by atoms with Crippen molar-refractivity contribution in [1.82, 2.24) is 25.1 Å². The predicted molar refractivity (Wildman–Crippen MR) is 122 cm³/mol. The summed E-state index contributed by atoms with van der Waals surface area (Å²) < 4.78 is 36.7. The molecule has 176 valence electrons. The fourth-order valence-corrected chi connectivity index (χ4v) is 4.64. The predicted octanol–water partition coefficient (Wildman–Crippen LogP) is 3.46. The standard InChI is InChI=1S/C23H26F2N6O.ClH/c24-19-8-2-1-7-18(19)22(23-26-27-28-31(23)16-17-6-5-15-32-17)30-13-11-29(12-14-30)21-10-4-3-9-20(21)25;/h1-4,7-10,17,22H,5-6,11-16H2;1H. The Bertz CT molecular complexity index is 1050. The summed E-state index contributed by atoms with van der Waals surface area (Å²) in [6.07, 6.45) is 2.05. The van der Waals surface area contributed by atoms with Gasteiger partial charge in [-0.3, -0.25) is 4.90 Å². The molecule has 0 spiro atoms. The fraction of sp³-hybridized carbons (Fsp3) is 0.435. The monoisotopic (exact) mass is 476 g/mol. The molecule has 2 fully saturated rings. The van der Waals surface area contributed by atoms with Crippen LogP contribution in [0.1, 0.15) is 30.3 Å². The van der Waals surface area contributed by atoms with Crippen LogP contribution in [0, 0.1) is 11.6 Å². The molecule has 0 aliphatic carbocycles. The van der Waals surface area contributed by atoms with Gasteiger partial charge in [0, 0.05) is 38.3 Å². The number of para-hydroxylation sites is 1. The van der Waals surface area contributed by atoms with Crippen LogP contribution in [0.2, 0.25) is 0 Å². The van der Waals surface area contributed by atoms with Crippen LogP contribution in [-0.4, -0.2) is 64.0 Å². The molecular formula is C23H27ClF2N6O. The van der Waals surface area contributed by atoms with Gasteiger partial charge >= 0.3 is 0 Å². The zero-order chi connectivity index (χ0) is 21.9. The maximum Gasteiger partial charge on any atom is 0.173 e. The van der Waals surface area contributed by atoms with Crippen LogP contribution in [0.15, 0.2) is 48.5 Å². The Hall–Kier alpha value is -2.62. The number of hydrogen-bond donors (Lipinski definition) is 0. The second kappa shape index (κ2) is 10.5. The smallest absolute Gasteiger partial charge is 0.173 e. The molecule has 2 saturated heterocycles. The first kappa shape index (κ1) is 23.5. The summed E-state index contributed by atoms with van der Waals surface area (Å²) in [5.74, 6) is 0.0813. The number of ether oxygens (including phenoxy) is 1. The minimum absolute atomic E-state index is 0. The van der Waals surface area contributed by atoms with Gasteiger partial charge in [-0.1, -0.05) is 30.3 Å². The zero-order valence-electron chi connectivity index (χ0n) is 18.2. The molecule has 2 aliphatic rings. The Morgan fingerprint density at radius 2 is 1.70 bits per heavy atom. The Morgan fingerprint density at radius 3 is 2.39 bits per heavy atom. The first-order valence-electron chi connectivity index (χ1n) is 11.1. The topological polar surface area (TPSA) is 59.3 Å². The second-order valence-corrected chi connectivity index (χ2v) is 8.25. The lowest BCUT2D eigenvalue weighted by Gasteiger charge is -2.40. The van der Waals surface area contributed by atoms with E-state index < -0.39 is 6.04 Å². The van der Waals surface area contributed by atoms with Crippen molar-refractivity contribution in [2.24, 2.45) is 0 Å². The van der Waals surface area contributed by atoms with Gasteiger partial charge in [-0.25, -0.2) is 13.5 Å². The lowest BCUT2D eigenvalue weighted by Crippen LogP contribution is -2.48. The molecule has 0 bridgehead atoms. The average molecular weight is 477 g/mol. The molecule has 1 aromatic heterocycles. The summed E-state index contributed by atoms with van der Waals surface area (Å²) in [5.41, 5.74) is 1.13. The summed E-state index contributed by atoms with van der Waals surface area (Å²) in [5, 5.41) is 12.4. The van der Waals surface area contributed by atoms with Crippen LogP contribution in [-0.2, 0) is 11.3 Å². The lowest BCUT2D eigenvalue weighted by atomic mass is 10.0. The Balaban J connectivity index is 0.00000259. The molecule has 0 amide bonds. The number of rotatable bonds is 6. The molecule has 0 saturated carbocycles. The van der Waals surface area contributed by atoms with Gasteiger partial charge < -0.3 is 9.64 Å². The zero-order valence-corrected chi connectivity index (χ0v) is 19.0. The van der Waals surface area contributed by atoms with E-state index in [1.54, 1.807) is 28.9 Å². The maximum absolute atomic E-state index is 14.9. The third-order valence-corrected chi connectivity index (χ3v) is 6.28. The van der Waals surface area contributed by atoms with E-state index >= 15 is 0 Å². The number of halogens is 3. The van der Waals surface area contributed by atoms with Gasteiger partial charge in [-0.05, 0) is 41.5 Å². The second-order valence-electron chi connectivity index (χ2n) is 8.25. The number of nitrogens with zero attached hydrogens (tertiary/aromatic N) is 6. The number of piperazine rings is 1. The summed E-state index contributed by atoms with van der Waals surface area (Å²) >= 11 is 0. The van der Waals surface area contributed by atoms with Gasteiger partial charge in [0.1, 0.15) is 17.7 Å². The van der Waals surface area contributed by atoms with E-state index in [0.717, 1.165) is 19.4 Å². The number of tetrazole rings is 1. The van der Waals surface area contributed by atoms with Crippen molar-refractivity contribution in [1.29, 1.82) is 0 Å². The molecule has 3 heterocycles. The van der Waals surface area contributed by atoms with E-state index in [4.69, 9.17) is 4.74 Å². The van der Waals surface area contributed by atoms with E-state index in [-0.39, 0.29) is 30.1 Å². The van der Waals surface area contributed by atoms with E-state index in [1.807, 2.05) is 17.0 Å². The minimum atomic E-state index is -0.435. The number of benzene rings is 2. The SMILES string of the molecule is Cl.Fc1ccccc1C(c1nnnn1CC1CCCO1)N1CCN(c2ccccc2F)CC1. The minimum Gasteiger partial charge on any atom is -0.376 e. The first-order chi connectivity index (χ1) is 15.7. The van der Waals surface area contributed by atoms with Gasteiger partial charge in [0.25, 0.3) is 0 Å². The normalized spacial score (nSPS) is 19.9. The van der Waals surface area contributed by atoms with Crippen molar-refractivity contribution in [3.63, 3.8) is 0 Å². The lowest BCUT2D eigenvalue weighted by molar-refractivity contribution is 0.0906. The first-order valence-corrected chi connectivity index (χ1v) is 11.1. The van der Waals surface area contributed by atoms with E-state index in [9.17, 15) is 8.78 Å². The highest BCUT2D eigenvalue weighted by atomic mass is 35.5. The van der Waals surface area contributed by atoms with Crippen LogP contribution >= 0.6 is 12.4 Å². The van der Waals surface area contributed by atoms with Crippen LogP contribution in [0.25, 0.3) is 0 Å². The van der Waals surface area contributed by atoms with E-state index in [0.29, 0.717) is 49.8 Å². The molecule has 2 unspecified atom stereocenters.